The van der Waals surface area contributed by atoms with Gasteiger partial charge in [0.25, 0.3) is 0 Å². The standard InChI is InChI=1S/C23H18Br2N2O4/c24-19-9-13(11-26-21(19)25)10-20(22(28)29)27-23(30)31-12-18-16-7-3-1-5-14(16)15-6-2-4-8-17(15)18/h1-9,11,18,20H,10,12H2,(H,27,30)(H,28,29). The number of hydrogen-bond donors (Lipinski definition) is 2. The van der Waals surface area contributed by atoms with Crippen molar-refractivity contribution in [2.24, 2.45) is 0 Å². The van der Waals surface area contributed by atoms with Crippen LogP contribution in [0.25, 0.3) is 11.1 Å². The SMILES string of the molecule is O=C(NC(Cc1cnc(Br)c(Br)c1)C(=O)O)OCC1c2ccccc2-c2ccccc21. The Morgan fingerprint density at radius 1 is 1.06 bits per heavy atom. The smallest absolute Gasteiger partial charge is 0.407 e. The number of aliphatic carboxylic acids is 1. The number of benzene rings is 2. The van der Waals surface area contributed by atoms with E-state index in [-0.39, 0.29) is 18.9 Å². The molecule has 1 atom stereocenters. The van der Waals surface area contributed by atoms with E-state index in [2.05, 4.69) is 54.3 Å². The maximum atomic E-state index is 12.4. The molecule has 8 heteroatoms. The Morgan fingerprint density at radius 3 is 2.26 bits per heavy atom. The second-order valence-corrected chi connectivity index (χ2v) is 8.79. The third kappa shape index (κ3) is 4.65. The molecule has 0 aliphatic heterocycles. The van der Waals surface area contributed by atoms with Crippen LogP contribution in [-0.2, 0) is 16.0 Å². The first-order chi connectivity index (χ1) is 14.9. The Labute approximate surface area is 195 Å². The molecule has 2 aromatic carbocycles. The molecule has 2 N–H and O–H groups in total. The molecule has 1 aliphatic rings. The number of aromatic nitrogens is 1. The molecule has 0 bridgehead atoms. The molecule has 6 nitrogen and oxygen atoms in total. The summed E-state index contributed by atoms with van der Waals surface area (Å²) >= 11 is 6.62. The Bertz CT molecular complexity index is 1110. The summed E-state index contributed by atoms with van der Waals surface area (Å²) in [7, 11) is 0. The van der Waals surface area contributed by atoms with Crippen molar-refractivity contribution in [2.45, 2.75) is 18.4 Å². The minimum Gasteiger partial charge on any atom is -0.480 e. The molecule has 1 amide bonds. The van der Waals surface area contributed by atoms with E-state index in [1.807, 2.05) is 36.4 Å². The molecule has 4 rings (SSSR count). The maximum absolute atomic E-state index is 12.4. The summed E-state index contributed by atoms with van der Waals surface area (Å²) in [6.45, 7) is 0.123. The number of ether oxygens (including phenoxy) is 1. The van der Waals surface area contributed by atoms with Gasteiger partial charge in [0.1, 0.15) is 17.3 Å². The van der Waals surface area contributed by atoms with E-state index in [4.69, 9.17) is 4.74 Å². The van der Waals surface area contributed by atoms with Gasteiger partial charge in [-0.3, -0.25) is 0 Å². The van der Waals surface area contributed by atoms with Gasteiger partial charge in [0.2, 0.25) is 0 Å². The number of nitrogens with zero attached hydrogens (tertiary/aromatic N) is 1. The summed E-state index contributed by atoms with van der Waals surface area (Å²) in [6.07, 6.45) is 0.876. The van der Waals surface area contributed by atoms with Gasteiger partial charge in [-0.1, -0.05) is 48.5 Å². The molecule has 31 heavy (non-hydrogen) atoms. The van der Waals surface area contributed by atoms with Crippen LogP contribution in [0, 0.1) is 0 Å². The fourth-order valence-corrected chi connectivity index (χ4v) is 4.40. The summed E-state index contributed by atoms with van der Waals surface area (Å²) in [5, 5.41) is 12.0. The van der Waals surface area contributed by atoms with Crippen molar-refractivity contribution in [1.29, 1.82) is 0 Å². The molecule has 1 aromatic heterocycles. The molecule has 0 fully saturated rings. The molecule has 1 aliphatic carbocycles. The molecule has 0 spiro atoms. The number of alkyl carbamates (subject to hydrolysis) is 1. The molecule has 1 heterocycles. The number of carbonyl (C=O) groups excluding carboxylic acids is 1. The van der Waals surface area contributed by atoms with Crippen molar-refractivity contribution in [3.63, 3.8) is 0 Å². The lowest BCUT2D eigenvalue weighted by molar-refractivity contribution is -0.139. The van der Waals surface area contributed by atoms with E-state index < -0.39 is 18.1 Å². The third-order valence-electron chi connectivity index (χ3n) is 5.23. The normalized spacial score (nSPS) is 13.2. The van der Waals surface area contributed by atoms with Crippen LogP contribution in [0.4, 0.5) is 4.79 Å². The van der Waals surface area contributed by atoms with Crippen LogP contribution in [-0.4, -0.2) is 34.8 Å². The van der Waals surface area contributed by atoms with E-state index in [1.54, 1.807) is 12.3 Å². The van der Waals surface area contributed by atoms with Crippen LogP contribution in [0.1, 0.15) is 22.6 Å². The van der Waals surface area contributed by atoms with E-state index in [1.165, 1.54) is 0 Å². The van der Waals surface area contributed by atoms with Gasteiger partial charge in [0.15, 0.2) is 0 Å². The second-order valence-electron chi connectivity index (χ2n) is 7.18. The summed E-state index contributed by atoms with van der Waals surface area (Å²) in [6, 6.07) is 16.7. The van der Waals surface area contributed by atoms with Crippen LogP contribution in [0.3, 0.4) is 0 Å². The first-order valence-electron chi connectivity index (χ1n) is 9.58. The zero-order valence-electron chi connectivity index (χ0n) is 16.2. The lowest BCUT2D eigenvalue weighted by Crippen LogP contribution is -2.43. The van der Waals surface area contributed by atoms with Crippen LogP contribution >= 0.6 is 31.9 Å². The van der Waals surface area contributed by atoms with E-state index in [0.29, 0.717) is 14.6 Å². The lowest BCUT2D eigenvalue weighted by Gasteiger charge is -2.17. The quantitative estimate of drug-likeness (QED) is 0.419. The predicted molar refractivity (Wildman–Crippen MR) is 123 cm³/mol. The number of carbonyl (C=O) groups is 2. The van der Waals surface area contributed by atoms with Crippen LogP contribution in [0.15, 0.2) is 69.9 Å². The average Bonchev–Trinajstić information content (AvgIpc) is 3.08. The van der Waals surface area contributed by atoms with Crippen molar-refractivity contribution in [1.82, 2.24) is 10.3 Å². The number of carboxylic acid groups (broad SMARTS) is 1. The van der Waals surface area contributed by atoms with Gasteiger partial charge in [-0.2, -0.15) is 0 Å². The largest absolute Gasteiger partial charge is 0.480 e. The number of rotatable bonds is 6. The first kappa shape index (κ1) is 21.5. The van der Waals surface area contributed by atoms with Gasteiger partial charge < -0.3 is 15.2 Å². The Balaban J connectivity index is 1.43. The van der Waals surface area contributed by atoms with Crippen molar-refractivity contribution >= 4 is 43.9 Å². The van der Waals surface area contributed by atoms with Gasteiger partial charge >= 0.3 is 12.1 Å². The van der Waals surface area contributed by atoms with Crippen molar-refractivity contribution < 1.29 is 19.4 Å². The Kier molecular flexibility index (Phi) is 6.38. The van der Waals surface area contributed by atoms with E-state index in [9.17, 15) is 14.7 Å². The monoisotopic (exact) mass is 544 g/mol. The fraction of sp³-hybridized carbons (Fsp3) is 0.174. The number of nitrogens with one attached hydrogen (secondary N) is 1. The number of pyridine rings is 1. The highest BCUT2D eigenvalue weighted by atomic mass is 79.9. The number of carboxylic acids is 1. The van der Waals surface area contributed by atoms with Crippen LogP contribution < -0.4 is 5.32 Å². The highest BCUT2D eigenvalue weighted by molar-refractivity contribution is 9.13. The number of fused-ring (bicyclic) bond motifs is 3. The summed E-state index contributed by atoms with van der Waals surface area (Å²) < 4.78 is 6.78. The van der Waals surface area contributed by atoms with Gasteiger partial charge in [0.05, 0.1) is 4.47 Å². The van der Waals surface area contributed by atoms with Crippen LogP contribution in [0.5, 0.6) is 0 Å². The number of halogens is 2. The zero-order valence-corrected chi connectivity index (χ0v) is 19.4. The van der Waals surface area contributed by atoms with Crippen molar-refractivity contribution in [2.75, 3.05) is 6.61 Å². The lowest BCUT2D eigenvalue weighted by atomic mass is 9.98. The van der Waals surface area contributed by atoms with Gasteiger partial charge in [-0.05, 0) is 65.7 Å². The molecule has 158 valence electrons. The Hall–Kier alpha value is -2.71. The van der Waals surface area contributed by atoms with Gasteiger partial charge in [-0.15, -0.1) is 0 Å². The fourth-order valence-electron chi connectivity index (χ4n) is 3.79. The number of amides is 1. The number of hydrogen-bond acceptors (Lipinski definition) is 4. The third-order valence-corrected chi connectivity index (χ3v) is 7.00. The van der Waals surface area contributed by atoms with Gasteiger partial charge in [-0.25, -0.2) is 14.6 Å². The molecule has 0 saturated heterocycles. The summed E-state index contributed by atoms with van der Waals surface area (Å²) in [4.78, 5) is 28.2. The minimum atomic E-state index is -1.15. The molecule has 3 aromatic rings. The van der Waals surface area contributed by atoms with Crippen molar-refractivity contribution in [3.05, 3.63) is 86.6 Å². The zero-order chi connectivity index (χ0) is 22.0. The average molecular weight is 546 g/mol. The predicted octanol–water partition coefficient (Wildman–Crippen LogP) is 5.14. The molecular formula is C23H18Br2N2O4. The Morgan fingerprint density at radius 2 is 1.68 bits per heavy atom. The molecule has 0 saturated carbocycles. The van der Waals surface area contributed by atoms with E-state index >= 15 is 0 Å². The molecular weight excluding hydrogens is 528 g/mol. The summed E-state index contributed by atoms with van der Waals surface area (Å²) in [5.74, 6) is -1.24. The molecule has 1 unspecified atom stereocenters. The van der Waals surface area contributed by atoms with Crippen molar-refractivity contribution in [3.8, 4) is 11.1 Å². The van der Waals surface area contributed by atoms with Crippen LogP contribution in [0.2, 0.25) is 0 Å². The highest BCUT2D eigenvalue weighted by Gasteiger charge is 2.29. The second kappa shape index (κ2) is 9.20. The minimum absolute atomic E-state index is 0.0818. The highest BCUT2D eigenvalue weighted by Crippen LogP contribution is 2.44. The maximum Gasteiger partial charge on any atom is 0.407 e. The van der Waals surface area contributed by atoms with E-state index in [0.717, 1.165) is 22.3 Å². The topological polar surface area (TPSA) is 88.5 Å². The first-order valence-corrected chi connectivity index (χ1v) is 11.2. The summed E-state index contributed by atoms with van der Waals surface area (Å²) in [5.41, 5.74) is 5.11. The van der Waals surface area contributed by atoms with Gasteiger partial charge in [0, 0.05) is 18.5 Å². The molecule has 0 radical (unpaired) electrons.